The largest absolute Gasteiger partial charge is 0.349 e. The standard InChI is InChI=1S/C13H13N5/c1-10-4-2-5-12-17-11(9-18(10)12)8-16-13-14-6-3-7-15-13/h2-7,9H,8H2,1H3,(H,14,15,16). The SMILES string of the molecule is Cc1cccc2nc(CNc3ncccn3)cn12. The van der Waals surface area contributed by atoms with E-state index in [-0.39, 0.29) is 0 Å². The highest BCUT2D eigenvalue weighted by Crippen LogP contribution is 2.09. The van der Waals surface area contributed by atoms with Crippen molar-refractivity contribution in [1.29, 1.82) is 0 Å². The van der Waals surface area contributed by atoms with E-state index in [1.54, 1.807) is 18.5 Å². The third-order valence-corrected chi connectivity index (χ3v) is 2.74. The lowest BCUT2D eigenvalue weighted by molar-refractivity contribution is 1.02. The van der Waals surface area contributed by atoms with E-state index in [0.717, 1.165) is 11.3 Å². The maximum absolute atomic E-state index is 4.53. The van der Waals surface area contributed by atoms with Crippen molar-refractivity contribution in [2.24, 2.45) is 0 Å². The number of nitrogens with one attached hydrogen (secondary N) is 1. The number of rotatable bonds is 3. The summed E-state index contributed by atoms with van der Waals surface area (Å²) in [5.74, 6) is 0.617. The van der Waals surface area contributed by atoms with Crippen molar-refractivity contribution < 1.29 is 0 Å². The van der Waals surface area contributed by atoms with Gasteiger partial charge in [0.05, 0.1) is 12.2 Å². The van der Waals surface area contributed by atoms with Crippen molar-refractivity contribution in [3.05, 3.63) is 54.2 Å². The molecule has 3 aromatic heterocycles. The van der Waals surface area contributed by atoms with E-state index in [0.29, 0.717) is 12.5 Å². The first-order chi connectivity index (χ1) is 8.83. The Hall–Kier alpha value is -2.43. The van der Waals surface area contributed by atoms with Crippen LogP contribution in [0.2, 0.25) is 0 Å². The van der Waals surface area contributed by atoms with Gasteiger partial charge < -0.3 is 9.72 Å². The average Bonchev–Trinajstić information content (AvgIpc) is 2.82. The van der Waals surface area contributed by atoms with Gasteiger partial charge in [-0.1, -0.05) is 6.07 Å². The Kier molecular flexibility index (Phi) is 2.64. The summed E-state index contributed by atoms with van der Waals surface area (Å²) in [6, 6.07) is 7.86. The number of imidazole rings is 1. The number of fused-ring (bicyclic) bond motifs is 1. The number of nitrogens with zero attached hydrogens (tertiary/aromatic N) is 4. The fourth-order valence-electron chi connectivity index (χ4n) is 1.84. The van der Waals surface area contributed by atoms with E-state index in [2.05, 4.69) is 37.7 Å². The topological polar surface area (TPSA) is 55.1 Å². The maximum atomic E-state index is 4.53. The van der Waals surface area contributed by atoms with Crippen molar-refractivity contribution in [2.75, 3.05) is 5.32 Å². The Morgan fingerprint density at radius 1 is 1.17 bits per heavy atom. The minimum absolute atomic E-state index is 0.616. The Morgan fingerprint density at radius 3 is 2.78 bits per heavy atom. The molecule has 0 amide bonds. The van der Waals surface area contributed by atoms with Gasteiger partial charge >= 0.3 is 0 Å². The molecule has 90 valence electrons. The van der Waals surface area contributed by atoms with E-state index in [1.807, 2.05) is 18.3 Å². The molecular formula is C13H13N5. The quantitative estimate of drug-likeness (QED) is 0.760. The summed E-state index contributed by atoms with van der Waals surface area (Å²) >= 11 is 0. The maximum Gasteiger partial charge on any atom is 0.222 e. The van der Waals surface area contributed by atoms with Crippen LogP contribution < -0.4 is 5.32 Å². The van der Waals surface area contributed by atoms with Crippen molar-refractivity contribution in [2.45, 2.75) is 13.5 Å². The molecule has 0 radical (unpaired) electrons. The van der Waals surface area contributed by atoms with Gasteiger partial charge in [0.2, 0.25) is 5.95 Å². The molecule has 0 unspecified atom stereocenters. The summed E-state index contributed by atoms with van der Waals surface area (Å²) in [6.07, 6.45) is 5.45. The monoisotopic (exact) mass is 239 g/mol. The Balaban J connectivity index is 1.81. The fraction of sp³-hybridized carbons (Fsp3) is 0.154. The molecule has 0 atom stereocenters. The van der Waals surface area contributed by atoms with Crippen LogP contribution in [0.3, 0.4) is 0 Å². The zero-order valence-electron chi connectivity index (χ0n) is 10.0. The number of aromatic nitrogens is 4. The van der Waals surface area contributed by atoms with Gasteiger partial charge in [0.1, 0.15) is 5.65 Å². The first-order valence-electron chi connectivity index (χ1n) is 5.77. The Bertz CT molecular complexity index is 659. The van der Waals surface area contributed by atoms with Crippen LogP contribution in [-0.2, 0) is 6.54 Å². The van der Waals surface area contributed by atoms with Crippen molar-refractivity contribution in [3.8, 4) is 0 Å². The molecule has 3 heterocycles. The molecule has 0 aromatic carbocycles. The van der Waals surface area contributed by atoms with Gasteiger partial charge in [0, 0.05) is 24.3 Å². The number of anilines is 1. The van der Waals surface area contributed by atoms with Gasteiger partial charge in [-0.25, -0.2) is 15.0 Å². The van der Waals surface area contributed by atoms with Gasteiger partial charge in [-0.2, -0.15) is 0 Å². The normalized spacial score (nSPS) is 10.7. The average molecular weight is 239 g/mol. The molecule has 5 nitrogen and oxygen atoms in total. The first-order valence-corrected chi connectivity index (χ1v) is 5.77. The lowest BCUT2D eigenvalue weighted by Gasteiger charge is -2.00. The lowest BCUT2D eigenvalue weighted by atomic mass is 10.4. The second kappa shape index (κ2) is 4.44. The first kappa shape index (κ1) is 10.7. The summed E-state index contributed by atoms with van der Waals surface area (Å²) < 4.78 is 2.07. The number of hydrogen-bond acceptors (Lipinski definition) is 4. The zero-order chi connectivity index (χ0) is 12.4. The van der Waals surface area contributed by atoms with Crippen LogP contribution in [0.5, 0.6) is 0 Å². The molecule has 0 aliphatic heterocycles. The highest BCUT2D eigenvalue weighted by molar-refractivity contribution is 5.42. The molecule has 0 bridgehead atoms. The molecule has 0 aliphatic carbocycles. The van der Waals surface area contributed by atoms with Crippen LogP contribution >= 0.6 is 0 Å². The number of pyridine rings is 1. The molecule has 5 heteroatoms. The van der Waals surface area contributed by atoms with Crippen LogP contribution in [0, 0.1) is 6.92 Å². The van der Waals surface area contributed by atoms with Crippen molar-refractivity contribution >= 4 is 11.6 Å². The van der Waals surface area contributed by atoms with Gasteiger partial charge in [0.15, 0.2) is 0 Å². The van der Waals surface area contributed by atoms with Crippen LogP contribution in [0.25, 0.3) is 5.65 Å². The third-order valence-electron chi connectivity index (χ3n) is 2.74. The molecule has 0 spiro atoms. The Labute approximate surface area is 105 Å². The second-order valence-corrected chi connectivity index (χ2v) is 4.05. The second-order valence-electron chi connectivity index (χ2n) is 4.05. The third kappa shape index (κ3) is 2.02. The highest BCUT2D eigenvalue weighted by atomic mass is 15.1. The van der Waals surface area contributed by atoms with E-state index in [4.69, 9.17) is 0 Å². The Morgan fingerprint density at radius 2 is 2.00 bits per heavy atom. The molecule has 3 aromatic rings. The molecule has 1 N–H and O–H groups in total. The van der Waals surface area contributed by atoms with Gasteiger partial charge in [0.25, 0.3) is 0 Å². The lowest BCUT2D eigenvalue weighted by Crippen LogP contribution is -2.02. The summed E-state index contributed by atoms with van der Waals surface area (Å²) in [7, 11) is 0. The molecule has 0 fully saturated rings. The molecular weight excluding hydrogens is 226 g/mol. The van der Waals surface area contributed by atoms with Crippen LogP contribution in [-0.4, -0.2) is 19.4 Å². The molecule has 0 saturated carbocycles. The van der Waals surface area contributed by atoms with E-state index in [9.17, 15) is 0 Å². The number of hydrogen-bond donors (Lipinski definition) is 1. The minimum Gasteiger partial charge on any atom is -0.349 e. The van der Waals surface area contributed by atoms with E-state index < -0.39 is 0 Å². The van der Waals surface area contributed by atoms with Crippen molar-refractivity contribution in [3.63, 3.8) is 0 Å². The zero-order valence-corrected chi connectivity index (χ0v) is 10.0. The van der Waals surface area contributed by atoms with E-state index >= 15 is 0 Å². The number of aryl methyl sites for hydroxylation is 1. The summed E-state index contributed by atoms with van der Waals surface area (Å²) in [4.78, 5) is 12.8. The van der Waals surface area contributed by atoms with Crippen LogP contribution in [0.15, 0.2) is 42.9 Å². The highest BCUT2D eigenvalue weighted by Gasteiger charge is 2.03. The summed E-state index contributed by atoms with van der Waals surface area (Å²) in [5, 5.41) is 3.14. The molecule has 18 heavy (non-hydrogen) atoms. The van der Waals surface area contributed by atoms with Gasteiger partial charge in [-0.3, -0.25) is 0 Å². The van der Waals surface area contributed by atoms with Gasteiger partial charge in [-0.05, 0) is 25.1 Å². The van der Waals surface area contributed by atoms with Crippen LogP contribution in [0.1, 0.15) is 11.4 Å². The van der Waals surface area contributed by atoms with E-state index in [1.165, 1.54) is 5.69 Å². The predicted octanol–water partition coefficient (Wildman–Crippen LogP) is 2.04. The fourth-order valence-corrected chi connectivity index (χ4v) is 1.84. The minimum atomic E-state index is 0.616. The summed E-state index contributed by atoms with van der Waals surface area (Å²) in [6.45, 7) is 2.68. The smallest absolute Gasteiger partial charge is 0.222 e. The predicted molar refractivity (Wildman–Crippen MR) is 69.3 cm³/mol. The molecule has 3 rings (SSSR count). The van der Waals surface area contributed by atoms with Crippen molar-refractivity contribution in [1.82, 2.24) is 19.4 Å². The molecule has 0 aliphatic rings. The molecule has 0 saturated heterocycles. The van der Waals surface area contributed by atoms with Gasteiger partial charge in [-0.15, -0.1) is 0 Å². The van der Waals surface area contributed by atoms with Crippen LogP contribution in [0.4, 0.5) is 5.95 Å². The summed E-state index contributed by atoms with van der Waals surface area (Å²) in [5.41, 5.74) is 3.10.